The van der Waals surface area contributed by atoms with Crippen LogP contribution in [0.15, 0.2) is 87.5 Å². The highest BCUT2D eigenvalue weighted by molar-refractivity contribution is 7.90. The van der Waals surface area contributed by atoms with Gasteiger partial charge in [0, 0.05) is 44.4 Å². The monoisotopic (exact) mass is 728 g/mol. The Morgan fingerprint density at radius 1 is 0.500 bits per heavy atom. The minimum Gasteiger partial charge on any atom is -0.258 e. The maximum absolute atomic E-state index is 13.6. The van der Waals surface area contributed by atoms with Gasteiger partial charge in [0.25, 0.3) is 17.1 Å². The van der Waals surface area contributed by atoms with Crippen LogP contribution >= 0.6 is 0 Å². The molecule has 18 nitrogen and oxygen atoms in total. The van der Waals surface area contributed by atoms with Crippen molar-refractivity contribution in [3.05, 3.63) is 103 Å². The minimum absolute atomic E-state index is 0.106. The lowest BCUT2D eigenvalue weighted by Gasteiger charge is -2.22. The van der Waals surface area contributed by atoms with Gasteiger partial charge < -0.3 is 0 Å². The van der Waals surface area contributed by atoms with Gasteiger partial charge in [0.1, 0.15) is 0 Å². The molecule has 3 aromatic carbocycles. The van der Waals surface area contributed by atoms with Gasteiger partial charge in [0.05, 0.1) is 14.8 Å². The van der Waals surface area contributed by atoms with Crippen LogP contribution in [0.1, 0.15) is 32.1 Å². The lowest BCUT2D eigenvalue weighted by Crippen LogP contribution is -2.34. The van der Waals surface area contributed by atoms with Crippen LogP contribution in [-0.2, 0) is 30.1 Å². The lowest BCUT2D eigenvalue weighted by molar-refractivity contribution is -0.388. The Labute approximate surface area is 276 Å². The molecule has 0 saturated carbocycles. The molecule has 0 fully saturated rings. The molecule has 48 heavy (non-hydrogen) atoms. The van der Waals surface area contributed by atoms with Gasteiger partial charge in [0.15, 0.2) is 14.7 Å². The van der Waals surface area contributed by atoms with Gasteiger partial charge in [-0.25, -0.2) is 34.7 Å². The maximum Gasteiger partial charge on any atom is 0.289 e. The van der Waals surface area contributed by atoms with Gasteiger partial charge in [-0.15, -0.1) is 0 Å². The quantitative estimate of drug-likeness (QED) is 0.0965. The Bertz CT molecular complexity index is 1970. The second-order valence-electron chi connectivity index (χ2n) is 10.1. The van der Waals surface area contributed by atoms with E-state index in [1.54, 1.807) is 0 Å². The van der Waals surface area contributed by atoms with Crippen molar-refractivity contribution in [2.24, 2.45) is 0 Å². The summed E-state index contributed by atoms with van der Waals surface area (Å²) < 4.78 is 83.2. The number of nitro benzene ring substituents is 3. The van der Waals surface area contributed by atoms with E-state index in [4.69, 9.17) is 0 Å². The number of para-hydroxylation sites is 3. The molecule has 3 rings (SSSR count). The molecule has 0 atom stereocenters. The summed E-state index contributed by atoms with van der Waals surface area (Å²) in [6, 6.07) is 14.4. The molecule has 21 heteroatoms. The Hall–Kier alpha value is -4.41. The first-order valence-corrected chi connectivity index (χ1v) is 18.7. The van der Waals surface area contributed by atoms with Crippen molar-refractivity contribution in [2.45, 2.75) is 46.8 Å². The van der Waals surface area contributed by atoms with Gasteiger partial charge >= 0.3 is 0 Å². The molecule has 3 aromatic rings. The van der Waals surface area contributed by atoms with E-state index in [2.05, 4.69) is 9.44 Å². The number of nitrogens with one attached hydrogen (secondary N) is 2. The molecule has 0 aliphatic rings. The average molecular weight is 729 g/mol. The number of unbranched alkanes of at least 4 members (excludes halogenated alkanes) is 3. The van der Waals surface area contributed by atoms with Gasteiger partial charge in [-0.1, -0.05) is 42.8 Å². The zero-order valence-corrected chi connectivity index (χ0v) is 27.7. The highest BCUT2D eigenvalue weighted by Gasteiger charge is 2.31. The first-order valence-electron chi connectivity index (χ1n) is 14.3. The number of hydrogen-bond acceptors (Lipinski definition) is 12. The third kappa shape index (κ3) is 9.81. The fourth-order valence-electron chi connectivity index (χ4n) is 4.56. The minimum atomic E-state index is -4.41. The Morgan fingerprint density at radius 2 is 0.833 bits per heavy atom. The van der Waals surface area contributed by atoms with Crippen molar-refractivity contribution in [1.29, 1.82) is 0 Å². The Morgan fingerprint density at radius 3 is 1.25 bits per heavy atom. The number of benzene rings is 3. The van der Waals surface area contributed by atoms with Crippen molar-refractivity contribution in [1.82, 2.24) is 13.7 Å². The molecular formula is C27H32N6O12S3. The van der Waals surface area contributed by atoms with E-state index < -0.39 is 76.6 Å². The van der Waals surface area contributed by atoms with E-state index in [0.717, 1.165) is 40.7 Å². The van der Waals surface area contributed by atoms with E-state index in [-0.39, 0.29) is 51.9 Å². The fourth-order valence-corrected chi connectivity index (χ4v) is 8.72. The van der Waals surface area contributed by atoms with Gasteiger partial charge in [-0.2, -0.15) is 4.31 Å². The summed E-state index contributed by atoms with van der Waals surface area (Å²) >= 11 is 0. The molecule has 0 saturated heterocycles. The van der Waals surface area contributed by atoms with Crippen LogP contribution in [-0.4, -0.2) is 70.5 Å². The van der Waals surface area contributed by atoms with E-state index in [1.807, 2.05) is 0 Å². The normalized spacial score (nSPS) is 12.2. The van der Waals surface area contributed by atoms with E-state index in [0.29, 0.717) is 6.42 Å². The smallest absolute Gasteiger partial charge is 0.258 e. The molecule has 0 heterocycles. The molecule has 0 amide bonds. The van der Waals surface area contributed by atoms with Crippen molar-refractivity contribution in [3.8, 4) is 0 Å². The van der Waals surface area contributed by atoms with Crippen LogP contribution in [0.5, 0.6) is 0 Å². The largest absolute Gasteiger partial charge is 0.289 e. The van der Waals surface area contributed by atoms with Crippen LogP contribution in [0.3, 0.4) is 0 Å². The van der Waals surface area contributed by atoms with Crippen molar-refractivity contribution >= 4 is 47.1 Å². The molecule has 0 unspecified atom stereocenters. The second kappa shape index (κ2) is 16.6. The molecule has 0 aromatic heterocycles. The Balaban J connectivity index is 1.64. The van der Waals surface area contributed by atoms with Crippen LogP contribution in [0.4, 0.5) is 17.1 Å². The Kier molecular flexibility index (Phi) is 13.2. The molecule has 0 bridgehead atoms. The number of nitrogens with zero attached hydrogens (tertiary/aromatic N) is 4. The van der Waals surface area contributed by atoms with Crippen LogP contribution in [0.2, 0.25) is 0 Å². The standard InChI is InChI=1S/C27H32N6O12S3/c34-31(35)22-12-2-5-15-25(22)46(40,41)28-18-8-1-10-20-30(48(44,45)27-17-7-4-14-24(27)33(38)39)21-11-9-19-29-47(42,43)26-16-6-3-13-23(26)32(36)37/h2-7,12-17,28-29H,1,8-11,18-21H2. The molecule has 0 aliphatic heterocycles. The van der Waals surface area contributed by atoms with Crippen LogP contribution in [0, 0.1) is 30.3 Å². The third-order valence-corrected chi connectivity index (χ3v) is 11.8. The predicted octanol–water partition coefficient (Wildman–Crippen LogP) is 3.31. The summed E-state index contributed by atoms with van der Waals surface area (Å²) in [5.74, 6) is 0. The highest BCUT2D eigenvalue weighted by atomic mass is 32.2. The highest BCUT2D eigenvalue weighted by Crippen LogP contribution is 2.27. The average Bonchev–Trinajstić information content (AvgIpc) is 3.04. The zero-order chi connectivity index (χ0) is 35.5. The molecule has 0 aliphatic carbocycles. The molecular weight excluding hydrogens is 697 g/mol. The molecule has 260 valence electrons. The fraction of sp³-hybridized carbons (Fsp3) is 0.333. The number of nitro groups is 3. The van der Waals surface area contributed by atoms with Crippen LogP contribution < -0.4 is 9.44 Å². The SMILES string of the molecule is O=[N+]([O-])c1ccccc1S(=O)(=O)NCCCCCN(CCCCNS(=O)(=O)c1ccccc1[N+](=O)[O-])S(=O)(=O)c1ccccc1[N+](=O)[O-]. The maximum atomic E-state index is 13.6. The van der Waals surface area contributed by atoms with Gasteiger partial charge in [0.2, 0.25) is 30.1 Å². The summed E-state index contributed by atoms with van der Waals surface area (Å²) in [6.45, 7) is -0.572. The van der Waals surface area contributed by atoms with Crippen molar-refractivity contribution in [2.75, 3.05) is 26.2 Å². The first-order chi connectivity index (χ1) is 22.6. The molecule has 0 spiro atoms. The summed E-state index contributed by atoms with van der Waals surface area (Å²) in [4.78, 5) is 30.0. The lowest BCUT2D eigenvalue weighted by atomic mass is 10.2. The van der Waals surface area contributed by atoms with E-state index in [9.17, 15) is 55.6 Å². The van der Waals surface area contributed by atoms with Crippen LogP contribution in [0.25, 0.3) is 0 Å². The van der Waals surface area contributed by atoms with Crippen molar-refractivity contribution < 1.29 is 40.0 Å². The zero-order valence-electron chi connectivity index (χ0n) is 25.2. The molecule has 2 N–H and O–H groups in total. The summed E-state index contributed by atoms with van der Waals surface area (Å²) in [5.41, 5.74) is -1.83. The molecule has 0 radical (unpaired) electrons. The number of hydrogen-bond donors (Lipinski definition) is 2. The first kappa shape index (κ1) is 38.0. The number of rotatable bonds is 20. The van der Waals surface area contributed by atoms with E-state index in [1.165, 1.54) is 36.4 Å². The van der Waals surface area contributed by atoms with Gasteiger partial charge in [-0.05, 0) is 43.9 Å². The third-order valence-electron chi connectivity index (χ3n) is 6.89. The second-order valence-corrected chi connectivity index (χ2v) is 15.5. The van der Waals surface area contributed by atoms with E-state index >= 15 is 0 Å². The summed E-state index contributed by atoms with van der Waals surface area (Å²) in [5, 5.41) is 34.0. The van der Waals surface area contributed by atoms with Crippen molar-refractivity contribution in [3.63, 3.8) is 0 Å². The summed E-state index contributed by atoms with van der Waals surface area (Å²) in [7, 11) is -12.9. The predicted molar refractivity (Wildman–Crippen MR) is 172 cm³/mol. The topological polar surface area (TPSA) is 259 Å². The number of sulfonamides is 3. The van der Waals surface area contributed by atoms with Gasteiger partial charge in [-0.3, -0.25) is 30.3 Å². The summed E-state index contributed by atoms with van der Waals surface area (Å²) in [6.07, 6.45) is 0.951.